The SMILES string of the molecule is CCC[N+]1(C)CCN(C)C1. The van der Waals surface area contributed by atoms with Crippen LogP contribution in [0.5, 0.6) is 0 Å². The van der Waals surface area contributed by atoms with Crippen LogP contribution in [-0.4, -0.2) is 49.8 Å². The van der Waals surface area contributed by atoms with Gasteiger partial charge in [-0.25, -0.2) is 0 Å². The van der Waals surface area contributed by atoms with E-state index in [9.17, 15) is 0 Å². The van der Waals surface area contributed by atoms with Crippen LogP contribution in [0, 0.1) is 0 Å². The van der Waals surface area contributed by atoms with E-state index in [0.29, 0.717) is 0 Å². The van der Waals surface area contributed by atoms with Gasteiger partial charge in [-0.05, 0) is 13.5 Å². The number of hydrogen-bond acceptors (Lipinski definition) is 1. The molecule has 1 heterocycles. The van der Waals surface area contributed by atoms with Gasteiger partial charge in [-0.3, -0.25) is 4.90 Å². The fraction of sp³-hybridized carbons (Fsp3) is 1.00. The molecule has 10 heavy (non-hydrogen) atoms. The minimum Gasteiger partial charge on any atom is -0.312 e. The molecule has 2 heteroatoms. The molecule has 0 amide bonds. The average Bonchev–Trinajstić information content (AvgIpc) is 2.12. The molecule has 0 aliphatic carbocycles. The normalized spacial score (nSPS) is 35.1. The van der Waals surface area contributed by atoms with Crippen molar-refractivity contribution >= 4 is 0 Å². The summed E-state index contributed by atoms with van der Waals surface area (Å²) in [5, 5.41) is 0. The second kappa shape index (κ2) is 2.89. The number of hydrogen-bond donors (Lipinski definition) is 0. The second-order valence-corrected chi connectivity index (χ2v) is 3.79. The lowest BCUT2D eigenvalue weighted by atomic mass is 10.4. The molecule has 1 fully saturated rings. The van der Waals surface area contributed by atoms with Gasteiger partial charge in [-0.15, -0.1) is 0 Å². The topological polar surface area (TPSA) is 3.24 Å². The second-order valence-electron chi connectivity index (χ2n) is 3.79. The molecule has 2 nitrogen and oxygen atoms in total. The average molecular weight is 143 g/mol. The maximum atomic E-state index is 2.41. The summed E-state index contributed by atoms with van der Waals surface area (Å²) in [5.41, 5.74) is 0. The molecule has 0 N–H and O–H groups in total. The van der Waals surface area contributed by atoms with Gasteiger partial charge in [0.2, 0.25) is 0 Å². The van der Waals surface area contributed by atoms with E-state index in [2.05, 4.69) is 25.9 Å². The van der Waals surface area contributed by atoms with Crippen LogP contribution in [0.2, 0.25) is 0 Å². The highest BCUT2D eigenvalue weighted by Crippen LogP contribution is 2.11. The monoisotopic (exact) mass is 143 g/mol. The van der Waals surface area contributed by atoms with Gasteiger partial charge in [0.1, 0.15) is 6.67 Å². The summed E-state index contributed by atoms with van der Waals surface area (Å²) in [7, 11) is 4.56. The third-order valence-corrected chi connectivity index (χ3v) is 2.37. The van der Waals surface area contributed by atoms with E-state index >= 15 is 0 Å². The van der Waals surface area contributed by atoms with Gasteiger partial charge in [0.25, 0.3) is 0 Å². The molecule has 0 aromatic rings. The van der Waals surface area contributed by atoms with Gasteiger partial charge in [-0.1, -0.05) is 6.92 Å². The van der Waals surface area contributed by atoms with Crippen molar-refractivity contribution in [2.75, 3.05) is 40.4 Å². The lowest BCUT2D eigenvalue weighted by Crippen LogP contribution is -2.43. The van der Waals surface area contributed by atoms with Gasteiger partial charge < -0.3 is 4.48 Å². The van der Waals surface area contributed by atoms with Crippen LogP contribution in [-0.2, 0) is 0 Å². The molecule has 1 unspecified atom stereocenters. The maximum absolute atomic E-state index is 2.41. The summed E-state index contributed by atoms with van der Waals surface area (Å²) in [6.45, 7) is 7.46. The molecule has 0 bridgehead atoms. The third kappa shape index (κ3) is 1.70. The van der Waals surface area contributed by atoms with Crippen molar-refractivity contribution < 1.29 is 4.48 Å². The molecule has 1 rings (SSSR count). The number of quaternary nitrogens is 1. The first-order valence-corrected chi connectivity index (χ1v) is 4.18. The van der Waals surface area contributed by atoms with Crippen LogP contribution in [0.25, 0.3) is 0 Å². The molecule has 1 aliphatic rings. The highest BCUT2D eigenvalue weighted by Gasteiger charge is 2.28. The summed E-state index contributed by atoms with van der Waals surface area (Å²) < 4.78 is 1.26. The molecule has 0 spiro atoms. The predicted octanol–water partition coefficient (Wildman–Crippen LogP) is 0.746. The highest BCUT2D eigenvalue weighted by atomic mass is 15.5. The molecule has 1 atom stereocenters. The van der Waals surface area contributed by atoms with Crippen LogP contribution in [0.4, 0.5) is 0 Å². The lowest BCUT2D eigenvalue weighted by molar-refractivity contribution is -0.901. The first kappa shape index (κ1) is 8.02. The third-order valence-electron chi connectivity index (χ3n) is 2.37. The van der Waals surface area contributed by atoms with Crippen LogP contribution in [0.1, 0.15) is 13.3 Å². The van der Waals surface area contributed by atoms with E-state index in [1.165, 1.54) is 37.2 Å². The van der Waals surface area contributed by atoms with Crippen molar-refractivity contribution in [3.63, 3.8) is 0 Å². The number of likely N-dealkylation sites (N-methyl/N-ethyl adjacent to an activating group) is 2. The zero-order chi connectivity index (χ0) is 7.61. The van der Waals surface area contributed by atoms with Crippen LogP contribution >= 0.6 is 0 Å². The fourth-order valence-corrected chi connectivity index (χ4v) is 1.86. The van der Waals surface area contributed by atoms with Gasteiger partial charge in [0.15, 0.2) is 0 Å². The Hall–Kier alpha value is -0.0800. The standard InChI is InChI=1S/C8H19N2/c1-4-6-10(3)7-5-9(2)8-10/h4-8H2,1-3H3/q+1. The molecule has 60 valence electrons. The Bertz CT molecular complexity index is 110. The van der Waals surface area contributed by atoms with Crippen LogP contribution in [0.3, 0.4) is 0 Å². The summed E-state index contributed by atoms with van der Waals surface area (Å²) in [5.74, 6) is 0. The lowest BCUT2D eigenvalue weighted by Gasteiger charge is -2.28. The van der Waals surface area contributed by atoms with E-state index in [0.717, 1.165) is 0 Å². The smallest absolute Gasteiger partial charge is 0.134 e. The summed E-state index contributed by atoms with van der Waals surface area (Å²) >= 11 is 0. The zero-order valence-electron chi connectivity index (χ0n) is 7.43. The molecule has 1 saturated heterocycles. The molecular weight excluding hydrogens is 124 g/mol. The minimum atomic E-state index is 1.24. The van der Waals surface area contributed by atoms with Gasteiger partial charge >= 0.3 is 0 Å². The molecule has 0 aromatic heterocycles. The van der Waals surface area contributed by atoms with E-state index in [1.54, 1.807) is 0 Å². The van der Waals surface area contributed by atoms with Gasteiger partial charge in [-0.2, -0.15) is 0 Å². The first-order valence-electron chi connectivity index (χ1n) is 4.18. The number of nitrogens with zero attached hydrogens (tertiary/aromatic N) is 2. The van der Waals surface area contributed by atoms with E-state index in [4.69, 9.17) is 0 Å². The van der Waals surface area contributed by atoms with Crippen LogP contribution < -0.4 is 0 Å². The van der Waals surface area contributed by atoms with Crippen molar-refractivity contribution in [3.05, 3.63) is 0 Å². The Morgan fingerprint density at radius 2 is 2.20 bits per heavy atom. The Morgan fingerprint density at radius 3 is 2.60 bits per heavy atom. The summed E-state index contributed by atoms with van der Waals surface area (Å²) in [6.07, 6.45) is 1.31. The van der Waals surface area contributed by atoms with Crippen molar-refractivity contribution in [1.29, 1.82) is 0 Å². The number of rotatable bonds is 2. The minimum absolute atomic E-state index is 1.24. The molecule has 0 aromatic carbocycles. The maximum Gasteiger partial charge on any atom is 0.134 e. The van der Waals surface area contributed by atoms with E-state index < -0.39 is 0 Å². The Labute approximate surface area is 64.0 Å². The molecule has 0 saturated carbocycles. The Balaban J connectivity index is 2.38. The first-order chi connectivity index (χ1) is 4.66. The fourth-order valence-electron chi connectivity index (χ4n) is 1.86. The van der Waals surface area contributed by atoms with Crippen LogP contribution in [0.15, 0.2) is 0 Å². The summed E-state index contributed by atoms with van der Waals surface area (Å²) in [4.78, 5) is 2.41. The summed E-state index contributed by atoms with van der Waals surface area (Å²) in [6, 6.07) is 0. The van der Waals surface area contributed by atoms with E-state index in [-0.39, 0.29) is 0 Å². The predicted molar refractivity (Wildman–Crippen MR) is 43.7 cm³/mol. The quantitative estimate of drug-likeness (QED) is 0.515. The highest BCUT2D eigenvalue weighted by molar-refractivity contribution is 4.53. The Morgan fingerprint density at radius 1 is 1.50 bits per heavy atom. The molecular formula is C8H19N2+. The van der Waals surface area contributed by atoms with Crippen molar-refractivity contribution in [1.82, 2.24) is 4.90 Å². The van der Waals surface area contributed by atoms with Gasteiger partial charge in [0.05, 0.1) is 26.7 Å². The largest absolute Gasteiger partial charge is 0.312 e. The van der Waals surface area contributed by atoms with Crippen molar-refractivity contribution in [2.24, 2.45) is 0 Å². The van der Waals surface area contributed by atoms with E-state index in [1.807, 2.05) is 0 Å². The molecule has 0 radical (unpaired) electrons. The van der Waals surface area contributed by atoms with Crippen molar-refractivity contribution in [3.8, 4) is 0 Å². The van der Waals surface area contributed by atoms with Crippen molar-refractivity contribution in [2.45, 2.75) is 13.3 Å². The van der Waals surface area contributed by atoms with Gasteiger partial charge in [0, 0.05) is 0 Å². The molecule has 1 aliphatic heterocycles. The Kier molecular flexibility index (Phi) is 2.32. The zero-order valence-corrected chi connectivity index (χ0v) is 7.43.